The third-order valence-corrected chi connectivity index (χ3v) is 6.58. The average Bonchev–Trinajstić information content (AvgIpc) is 3.37. The van der Waals surface area contributed by atoms with E-state index in [0.717, 1.165) is 11.1 Å². The standard InChI is InChI=1S/C26H33N5O4S/c27-19(14-17-8-3-1-4-9-17)24(33)29-20(15-18-10-5-2-6-11-18)26(35)31-13-7-12-22(31)25(34)30-21(16-36)23(28)32/h1-6,8-11,19-22,36H,7,12-16,27H2,(H2,28,32)(H,29,33)(H,30,34)/t19-,20-,21-,22-/m0/s1. The van der Waals surface area contributed by atoms with E-state index in [4.69, 9.17) is 11.5 Å². The number of nitrogens with one attached hydrogen (secondary N) is 2. The van der Waals surface area contributed by atoms with Gasteiger partial charge in [0.25, 0.3) is 0 Å². The summed E-state index contributed by atoms with van der Waals surface area (Å²) in [6.07, 6.45) is 1.63. The number of thiol groups is 1. The summed E-state index contributed by atoms with van der Waals surface area (Å²) in [5.41, 5.74) is 13.3. The Morgan fingerprint density at radius 3 is 2.06 bits per heavy atom. The van der Waals surface area contributed by atoms with Crippen molar-refractivity contribution in [2.45, 2.75) is 49.9 Å². The summed E-state index contributed by atoms with van der Waals surface area (Å²) >= 11 is 4.06. The largest absolute Gasteiger partial charge is 0.368 e. The number of rotatable bonds is 11. The van der Waals surface area contributed by atoms with Crippen molar-refractivity contribution < 1.29 is 19.2 Å². The first kappa shape index (κ1) is 27.2. The molecule has 0 aliphatic carbocycles. The van der Waals surface area contributed by atoms with Crippen molar-refractivity contribution in [3.05, 3.63) is 71.8 Å². The third-order valence-electron chi connectivity index (χ3n) is 6.21. The Labute approximate surface area is 216 Å². The molecule has 36 heavy (non-hydrogen) atoms. The third kappa shape index (κ3) is 7.32. The molecule has 1 aliphatic heterocycles. The van der Waals surface area contributed by atoms with Crippen molar-refractivity contribution in [1.82, 2.24) is 15.5 Å². The van der Waals surface area contributed by atoms with Crippen LogP contribution in [0.1, 0.15) is 24.0 Å². The van der Waals surface area contributed by atoms with Crippen LogP contribution in [0.5, 0.6) is 0 Å². The van der Waals surface area contributed by atoms with Crippen LogP contribution in [0.2, 0.25) is 0 Å². The molecule has 0 saturated carbocycles. The number of carbonyl (C=O) groups is 4. The molecule has 1 heterocycles. The molecule has 0 unspecified atom stereocenters. The Balaban J connectivity index is 1.75. The molecule has 2 aromatic carbocycles. The van der Waals surface area contributed by atoms with E-state index in [1.54, 1.807) is 0 Å². The van der Waals surface area contributed by atoms with Crippen LogP contribution < -0.4 is 22.1 Å². The van der Waals surface area contributed by atoms with Gasteiger partial charge in [-0.15, -0.1) is 0 Å². The smallest absolute Gasteiger partial charge is 0.246 e. The Morgan fingerprint density at radius 1 is 0.917 bits per heavy atom. The summed E-state index contributed by atoms with van der Waals surface area (Å²) in [5.74, 6) is -1.94. The van der Waals surface area contributed by atoms with Crippen LogP contribution in [0.3, 0.4) is 0 Å². The molecule has 3 rings (SSSR count). The summed E-state index contributed by atoms with van der Waals surface area (Å²) in [7, 11) is 0. The monoisotopic (exact) mass is 511 g/mol. The molecular formula is C26H33N5O4S. The fourth-order valence-electron chi connectivity index (χ4n) is 4.27. The highest BCUT2D eigenvalue weighted by molar-refractivity contribution is 7.80. The van der Waals surface area contributed by atoms with Crippen molar-refractivity contribution in [2.75, 3.05) is 12.3 Å². The van der Waals surface area contributed by atoms with Crippen molar-refractivity contribution in [3.8, 4) is 0 Å². The van der Waals surface area contributed by atoms with Gasteiger partial charge in [-0.25, -0.2) is 0 Å². The molecule has 2 aromatic rings. The Bertz CT molecular complexity index is 1050. The fraction of sp³-hybridized carbons (Fsp3) is 0.385. The molecule has 1 fully saturated rings. The quantitative estimate of drug-likeness (QED) is 0.273. The Hall–Kier alpha value is -3.37. The maximum Gasteiger partial charge on any atom is 0.246 e. The zero-order chi connectivity index (χ0) is 26.1. The van der Waals surface area contributed by atoms with Gasteiger partial charge in [0, 0.05) is 18.7 Å². The molecule has 0 spiro atoms. The molecule has 9 nitrogen and oxygen atoms in total. The molecule has 1 saturated heterocycles. The van der Waals surface area contributed by atoms with Gasteiger partial charge in [0.05, 0.1) is 6.04 Å². The minimum Gasteiger partial charge on any atom is -0.368 e. The Morgan fingerprint density at radius 2 is 1.50 bits per heavy atom. The van der Waals surface area contributed by atoms with Crippen molar-refractivity contribution in [2.24, 2.45) is 11.5 Å². The van der Waals surface area contributed by atoms with Crippen molar-refractivity contribution in [1.29, 1.82) is 0 Å². The number of primary amides is 1. The van der Waals surface area contributed by atoms with Gasteiger partial charge in [-0.1, -0.05) is 60.7 Å². The number of amides is 4. The number of carbonyl (C=O) groups excluding carboxylic acids is 4. The highest BCUT2D eigenvalue weighted by atomic mass is 32.1. The lowest BCUT2D eigenvalue weighted by atomic mass is 10.0. The number of nitrogens with two attached hydrogens (primary N) is 2. The lowest BCUT2D eigenvalue weighted by Crippen LogP contribution is -2.58. The van der Waals surface area contributed by atoms with Gasteiger partial charge in [-0.2, -0.15) is 12.6 Å². The molecule has 0 bridgehead atoms. The van der Waals surface area contributed by atoms with Gasteiger partial charge >= 0.3 is 0 Å². The molecule has 4 atom stereocenters. The van der Waals surface area contributed by atoms with E-state index in [-0.39, 0.29) is 18.1 Å². The first-order valence-electron chi connectivity index (χ1n) is 11.9. The highest BCUT2D eigenvalue weighted by Crippen LogP contribution is 2.20. The topological polar surface area (TPSA) is 148 Å². The van der Waals surface area contributed by atoms with Crippen molar-refractivity contribution in [3.63, 3.8) is 0 Å². The molecule has 0 radical (unpaired) electrons. The lowest BCUT2D eigenvalue weighted by molar-refractivity contribution is -0.142. The molecular weight excluding hydrogens is 478 g/mol. The molecule has 192 valence electrons. The summed E-state index contributed by atoms with van der Waals surface area (Å²) in [4.78, 5) is 52.5. The van der Waals surface area contributed by atoms with E-state index >= 15 is 0 Å². The van der Waals surface area contributed by atoms with E-state index in [9.17, 15) is 19.2 Å². The van der Waals surface area contributed by atoms with Gasteiger partial charge < -0.3 is 27.0 Å². The molecule has 4 amide bonds. The van der Waals surface area contributed by atoms with E-state index in [1.807, 2.05) is 60.7 Å². The number of likely N-dealkylation sites (tertiary alicyclic amines) is 1. The zero-order valence-corrected chi connectivity index (χ0v) is 20.9. The van der Waals surface area contributed by atoms with Crippen molar-refractivity contribution >= 4 is 36.3 Å². The predicted octanol–water partition coefficient (Wildman–Crippen LogP) is 0.175. The molecule has 1 aliphatic rings. The highest BCUT2D eigenvalue weighted by Gasteiger charge is 2.38. The molecule has 10 heteroatoms. The van der Waals surface area contributed by atoms with Crippen LogP contribution in [0.25, 0.3) is 0 Å². The number of nitrogens with zero attached hydrogens (tertiary/aromatic N) is 1. The van der Waals surface area contributed by atoms with Crippen LogP contribution in [0.15, 0.2) is 60.7 Å². The predicted molar refractivity (Wildman–Crippen MR) is 140 cm³/mol. The first-order chi connectivity index (χ1) is 17.3. The fourth-order valence-corrected chi connectivity index (χ4v) is 4.54. The number of hydrogen-bond acceptors (Lipinski definition) is 6. The van der Waals surface area contributed by atoms with Gasteiger partial charge in [0.1, 0.15) is 18.1 Å². The van der Waals surface area contributed by atoms with Gasteiger partial charge in [-0.3, -0.25) is 19.2 Å². The van der Waals surface area contributed by atoms with E-state index in [0.29, 0.717) is 25.8 Å². The van der Waals surface area contributed by atoms with E-state index in [1.165, 1.54) is 4.90 Å². The lowest BCUT2D eigenvalue weighted by Gasteiger charge is -2.30. The van der Waals surface area contributed by atoms with Crippen LogP contribution in [-0.2, 0) is 32.0 Å². The van der Waals surface area contributed by atoms with Gasteiger partial charge in [-0.05, 0) is 30.4 Å². The minimum absolute atomic E-state index is 0.0493. The summed E-state index contributed by atoms with van der Waals surface area (Å²) in [5, 5.41) is 5.40. The second kappa shape index (κ2) is 13.1. The van der Waals surface area contributed by atoms with Gasteiger partial charge in [0.15, 0.2) is 0 Å². The second-order valence-corrected chi connectivity index (χ2v) is 9.25. The SMILES string of the molecule is NC(=O)[C@H](CS)NC(=O)[C@@H]1CCCN1C(=O)[C@H](Cc1ccccc1)NC(=O)[C@@H](N)Cc1ccccc1. The zero-order valence-electron chi connectivity index (χ0n) is 20.0. The van der Waals surface area contributed by atoms with Crippen LogP contribution >= 0.6 is 12.6 Å². The van der Waals surface area contributed by atoms with E-state index in [2.05, 4.69) is 23.3 Å². The molecule has 6 N–H and O–H groups in total. The molecule has 0 aromatic heterocycles. The Kier molecular flexibility index (Phi) is 9.89. The van der Waals surface area contributed by atoms with Crippen LogP contribution in [0, 0.1) is 0 Å². The number of hydrogen-bond donors (Lipinski definition) is 5. The number of benzene rings is 2. The second-order valence-electron chi connectivity index (χ2n) is 8.88. The van der Waals surface area contributed by atoms with Crippen LogP contribution in [-0.4, -0.2) is 65.0 Å². The summed E-state index contributed by atoms with van der Waals surface area (Å²) in [6, 6.07) is 15.3. The summed E-state index contributed by atoms with van der Waals surface area (Å²) in [6.45, 7) is 0.357. The first-order valence-corrected chi connectivity index (χ1v) is 12.6. The van der Waals surface area contributed by atoms with E-state index < -0.39 is 41.9 Å². The van der Waals surface area contributed by atoms with Gasteiger partial charge in [0.2, 0.25) is 23.6 Å². The normalized spacial score (nSPS) is 17.6. The maximum atomic E-state index is 13.7. The average molecular weight is 512 g/mol. The van der Waals surface area contributed by atoms with Crippen LogP contribution in [0.4, 0.5) is 0 Å². The maximum absolute atomic E-state index is 13.7. The summed E-state index contributed by atoms with van der Waals surface area (Å²) < 4.78 is 0. The minimum atomic E-state index is -0.936.